The molecule has 5 rings (SSSR count). The number of hydrogen-bond donors (Lipinski definition) is 2. The third kappa shape index (κ3) is 4.30. The minimum absolute atomic E-state index is 0.0866. The molecule has 186 valence electrons. The third-order valence-electron chi connectivity index (χ3n) is 6.52. The Bertz CT molecular complexity index is 1390. The standard InChI is InChI=1S/C27H24F3N3O3/c1-16(12-13-34)33-24-11-10-17(14-23(24)32-25(33)27(28,29)30)31-26(35)36-15-22-20-8-4-2-6-18(20)19-7-3-5-9-21(19)22/h2-11,14,16,22,34H,12-13,15H2,1H3,(H,31,35). The summed E-state index contributed by atoms with van der Waals surface area (Å²) in [6.07, 6.45) is -5.22. The van der Waals surface area contributed by atoms with Crippen molar-refractivity contribution in [1.29, 1.82) is 0 Å². The number of aliphatic hydroxyl groups excluding tert-OH is 1. The van der Waals surface area contributed by atoms with Gasteiger partial charge in [-0.1, -0.05) is 48.5 Å². The van der Waals surface area contributed by atoms with E-state index in [2.05, 4.69) is 10.3 Å². The first kappa shape index (κ1) is 23.9. The SMILES string of the molecule is CC(CCO)n1c(C(F)(F)F)nc2cc(NC(=O)OCC3c4ccccc4-c4ccccc43)ccc21. The van der Waals surface area contributed by atoms with E-state index in [-0.39, 0.29) is 42.3 Å². The van der Waals surface area contributed by atoms with Gasteiger partial charge >= 0.3 is 12.3 Å². The van der Waals surface area contributed by atoms with Gasteiger partial charge in [0, 0.05) is 24.3 Å². The van der Waals surface area contributed by atoms with Crippen molar-refractivity contribution < 1.29 is 27.8 Å². The molecule has 3 aromatic carbocycles. The Balaban J connectivity index is 1.34. The number of nitrogens with one attached hydrogen (secondary N) is 1. The topological polar surface area (TPSA) is 76.4 Å². The number of fused-ring (bicyclic) bond motifs is 4. The van der Waals surface area contributed by atoms with Crippen LogP contribution in [0.4, 0.5) is 23.7 Å². The van der Waals surface area contributed by atoms with Gasteiger partial charge in [0.1, 0.15) is 6.61 Å². The Morgan fingerprint density at radius 3 is 2.33 bits per heavy atom. The molecule has 0 aliphatic heterocycles. The van der Waals surface area contributed by atoms with E-state index in [0.29, 0.717) is 0 Å². The van der Waals surface area contributed by atoms with E-state index in [1.54, 1.807) is 6.92 Å². The molecule has 2 N–H and O–H groups in total. The molecule has 1 amide bonds. The van der Waals surface area contributed by atoms with Crippen LogP contribution in [0.5, 0.6) is 0 Å². The average molecular weight is 496 g/mol. The van der Waals surface area contributed by atoms with Crippen LogP contribution in [-0.2, 0) is 10.9 Å². The number of rotatable bonds is 6. The highest BCUT2D eigenvalue weighted by atomic mass is 19.4. The Hall–Kier alpha value is -3.85. The molecule has 1 unspecified atom stereocenters. The van der Waals surface area contributed by atoms with Crippen molar-refractivity contribution in [3.63, 3.8) is 0 Å². The van der Waals surface area contributed by atoms with Crippen LogP contribution in [0.1, 0.15) is 42.3 Å². The summed E-state index contributed by atoms with van der Waals surface area (Å²) in [5, 5.41) is 11.8. The minimum Gasteiger partial charge on any atom is -0.448 e. The number of aliphatic hydroxyl groups is 1. The van der Waals surface area contributed by atoms with Gasteiger partial charge in [0.15, 0.2) is 0 Å². The van der Waals surface area contributed by atoms with Crippen LogP contribution in [0.2, 0.25) is 0 Å². The van der Waals surface area contributed by atoms with Crippen molar-refractivity contribution in [1.82, 2.24) is 9.55 Å². The van der Waals surface area contributed by atoms with E-state index >= 15 is 0 Å². The highest BCUT2D eigenvalue weighted by Gasteiger charge is 2.38. The first-order chi connectivity index (χ1) is 17.3. The van der Waals surface area contributed by atoms with Gasteiger partial charge in [-0.15, -0.1) is 0 Å². The van der Waals surface area contributed by atoms with E-state index < -0.39 is 24.1 Å². The minimum atomic E-state index is -4.66. The van der Waals surface area contributed by atoms with Gasteiger partial charge in [-0.3, -0.25) is 5.32 Å². The number of ether oxygens (including phenoxy) is 1. The summed E-state index contributed by atoms with van der Waals surface area (Å²) in [5.74, 6) is -1.15. The van der Waals surface area contributed by atoms with Crippen LogP contribution >= 0.6 is 0 Å². The highest BCUT2D eigenvalue weighted by Crippen LogP contribution is 2.44. The van der Waals surface area contributed by atoms with Crippen LogP contribution in [0, 0.1) is 0 Å². The number of nitrogens with zero attached hydrogens (tertiary/aromatic N) is 2. The fraction of sp³-hybridized carbons (Fsp3) is 0.259. The van der Waals surface area contributed by atoms with Crippen molar-refractivity contribution in [3.05, 3.63) is 83.7 Å². The second-order valence-corrected chi connectivity index (χ2v) is 8.82. The molecule has 0 saturated carbocycles. The maximum Gasteiger partial charge on any atom is 0.449 e. The molecule has 4 aromatic rings. The summed E-state index contributed by atoms with van der Waals surface area (Å²) < 4.78 is 47.5. The predicted molar refractivity (Wildman–Crippen MR) is 130 cm³/mol. The van der Waals surface area contributed by atoms with Crippen LogP contribution < -0.4 is 5.32 Å². The summed E-state index contributed by atoms with van der Waals surface area (Å²) in [5.41, 5.74) is 5.00. The van der Waals surface area contributed by atoms with Gasteiger partial charge < -0.3 is 14.4 Å². The molecule has 1 aliphatic rings. The number of imidazole rings is 1. The zero-order chi connectivity index (χ0) is 25.4. The Labute approximate surface area is 205 Å². The quantitative estimate of drug-likeness (QED) is 0.326. The van der Waals surface area contributed by atoms with Gasteiger partial charge in [-0.25, -0.2) is 9.78 Å². The van der Waals surface area contributed by atoms with E-state index in [9.17, 15) is 23.1 Å². The molecule has 0 fully saturated rings. The molecule has 1 aromatic heterocycles. The van der Waals surface area contributed by atoms with Gasteiger partial charge in [-0.2, -0.15) is 13.2 Å². The highest BCUT2D eigenvalue weighted by molar-refractivity contribution is 5.89. The van der Waals surface area contributed by atoms with Gasteiger partial charge in [-0.05, 0) is 53.8 Å². The fourth-order valence-corrected chi connectivity index (χ4v) is 4.89. The third-order valence-corrected chi connectivity index (χ3v) is 6.52. The van der Waals surface area contributed by atoms with E-state index in [1.165, 1.54) is 18.2 Å². The van der Waals surface area contributed by atoms with Crippen molar-refractivity contribution in [2.45, 2.75) is 31.5 Å². The monoisotopic (exact) mass is 495 g/mol. The van der Waals surface area contributed by atoms with E-state index in [0.717, 1.165) is 26.8 Å². The Morgan fingerprint density at radius 2 is 1.72 bits per heavy atom. The van der Waals surface area contributed by atoms with Crippen molar-refractivity contribution in [3.8, 4) is 11.1 Å². The van der Waals surface area contributed by atoms with Crippen LogP contribution in [-0.4, -0.2) is 34.0 Å². The smallest absolute Gasteiger partial charge is 0.448 e. The summed E-state index contributed by atoms with van der Waals surface area (Å²) in [4.78, 5) is 16.4. The second-order valence-electron chi connectivity index (χ2n) is 8.82. The number of carbonyl (C=O) groups excluding carboxylic acids is 1. The number of amides is 1. The van der Waals surface area contributed by atoms with Gasteiger partial charge in [0.2, 0.25) is 5.82 Å². The lowest BCUT2D eigenvalue weighted by Crippen LogP contribution is -2.18. The van der Waals surface area contributed by atoms with Gasteiger partial charge in [0.05, 0.1) is 11.0 Å². The summed E-state index contributed by atoms with van der Waals surface area (Å²) in [7, 11) is 0. The van der Waals surface area contributed by atoms with Crippen molar-refractivity contribution in [2.75, 3.05) is 18.5 Å². The molecule has 0 saturated heterocycles. The lowest BCUT2D eigenvalue weighted by Gasteiger charge is -2.18. The Kier molecular flexibility index (Phi) is 6.17. The number of alkyl halides is 3. The number of benzene rings is 3. The molecule has 1 heterocycles. The molecule has 9 heteroatoms. The predicted octanol–water partition coefficient (Wildman–Crippen LogP) is 6.36. The van der Waals surface area contributed by atoms with Crippen LogP contribution in [0.15, 0.2) is 66.7 Å². The molecule has 36 heavy (non-hydrogen) atoms. The average Bonchev–Trinajstić information content (AvgIpc) is 3.39. The second kappa shape index (κ2) is 9.31. The zero-order valence-electron chi connectivity index (χ0n) is 19.4. The molecule has 1 atom stereocenters. The first-order valence-electron chi connectivity index (χ1n) is 11.6. The molecule has 1 aliphatic carbocycles. The summed E-state index contributed by atoms with van der Waals surface area (Å²) in [6.45, 7) is 1.46. The van der Waals surface area contributed by atoms with Crippen LogP contribution in [0.25, 0.3) is 22.2 Å². The molecular weight excluding hydrogens is 471 g/mol. The lowest BCUT2D eigenvalue weighted by molar-refractivity contribution is -0.147. The largest absolute Gasteiger partial charge is 0.449 e. The fourth-order valence-electron chi connectivity index (χ4n) is 4.89. The van der Waals surface area contributed by atoms with E-state index in [1.807, 2.05) is 48.5 Å². The Morgan fingerprint density at radius 1 is 1.08 bits per heavy atom. The van der Waals surface area contributed by atoms with Gasteiger partial charge in [0.25, 0.3) is 0 Å². The number of carbonyl (C=O) groups is 1. The summed E-state index contributed by atoms with van der Waals surface area (Å²) >= 11 is 0. The van der Waals surface area contributed by atoms with Crippen molar-refractivity contribution >= 4 is 22.8 Å². The normalized spacial score (nSPS) is 13.9. The number of anilines is 1. The number of halogens is 3. The molecular formula is C27H24F3N3O3. The molecule has 0 bridgehead atoms. The maximum atomic E-state index is 13.6. The lowest BCUT2D eigenvalue weighted by atomic mass is 9.98. The first-order valence-corrected chi connectivity index (χ1v) is 11.6. The van der Waals surface area contributed by atoms with Crippen LogP contribution in [0.3, 0.4) is 0 Å². The molecule has 6 nitrogen and oxygen atoms in total. The summed E-state index contributed by atoms with van der Waals surface area (Å²) in [6, 6.07) is 19.7. The number of hydrogen-bond acceptors (Lipinski definition) is 4. The molecule has 0 spiro atoms. The maximum absolute atomic E-state index is 13.6. The van der Waals surface area contributed by atoms with E-state index in [4.69, 9.17) is 4.74 Å². The molecule has 0 radical (unpaired) electrons. The number of aromatic nitrogens is 2. The zero-order valence-corrected chi connectivity index (χ0v) is 19.4. The van der Waals surface area contributed by atoms with Crippen molar-refractivity contribution in [2.24, 2.45) is 0 Å².